The van der Waals surface area contributed by atoms with E-state index in [2.05, 4.69) is 5.32 Å². The fraction of sp³-hybridized carbons (Fsp3) is 0.188. The summed E-state index contributed by atoms with van der Waals surface area (Å²) in [6.07, 6.45) is -0.488. The highest BCUT2D eigenvalue weighted by atomic mass is 16.6. The van der Waals surface area contributed by atoms with Gasteiger partial charge in [0.15, 0.2) is 0 Å². The third-order valence-corrected chi connectivity index (χ3v) is 3.18. The van der Waals surface area contributed by atoms with E-state index in [0.717, 1.165) is 5.56 Å². The molecule has 6 nitrogen and oxygen atoms in total. The van der Waals surface area contributed by atoms with Crippen molar-refractivity contribution in [3.05, 3.63) is 69.8 Å². The van der Waals surface area contributed by atoms with Gasteiger partial charge in [-0.3, -0.25) is 14.9 Å². The maximum Gasteiger partial charge on any atom is 0.293 e. The number of hydrogen-bond donors (Lipinski definition) is 2. The van der Waals surface area contributed by atoms with Gasteiger partial charge in [-0.15, -0.1) is 0 Å². The predicted octanol–water partition coefficient (Wildman–Crippen LogP) is 2.83. The minimum absolute atomic E-state index is 0.149. The molecule has 0 aromatic heterocycles. The Morgan fingerprint density at radius 1 is 1.27 bits per heavy atom. The molecular formula is C16H16N2O4. The van der Waals surface area contributed by atoms with E-state index in [1.54, 1.807) is 18.2 Å². The van der Waals surface area contributed by atoms with Crippen LogP contribution in [0, 0.1) is 10.1 Å². The van der Waals surface area contributed by atoms with Crippen LogP contribution in [0.1, 0.15) is 24.2 Å². The fourth-order valence-corrected chi connectivity index (χ4v) is 2.17. The van der Waals surface area contributed by atoms with E-state index in [9.17, 15) is 20.0 Å². The lowest BCUT2D eigenvalue weighted by Crippen LogP contribution is -2.09. The molecule has 0 saturated heterocycles. The molecule has 0 fully saturated rings. The summed E-state index contributed by atoms with van der Waals surface area (Å²) in [7, 11) is 0. The molecule has 22 heavy (non-hydrogen) atoms. The van der Waals surface area contributed by atoms with Crippen molar-refractivity contribution < 1.29 is 14.8 Å². The molecule has 2 aromatic rings. The molecule has 114 valence electrons. The number of nitro benzene ring substituents is 1. The lowest BCUT2D eigenvalue weighted by molar-refractivity contribution is -0.384. The molecule has 0 spiro atoms. The normalized spacial score (nSPS) is 11.7. The maximum absolute atomic E-state index is 11.1. The summed E-state index contributed by atoms with van der Waals surface area (Å²) in [4.78, 5) is 21.6. The van der Waals surface area contributed by atoms with E-state index in [1.165, 1.54) is 19.1 Å². The SMILES string of the molecule is CC(=O)Nc1ccc(CC(O)c2ccccc2)cc1[N+](=O)[O-]. The number of hydrogen-bond acceptors (Lipinski definition) is 4. The van der Waals surface area contributed by atoms with Crippen LogP contribution in [-0.2, 0) is 11.2 Å². The van der Waals surface area contributed by atoms with Gasteiger partial charge >= 0.3 is 0 Å². The van der Waals surface area contributed by atoms with Crippen molar-refractivity contribution in [2.75, 3.05) is 5.32 Å². The topological polar surface area (TPSA) is 92.5 Å². The highest BCUT2D eigenvalue weighted by molar-refractivity contribution is 5.91. The van der Waals surface area contributed by atoms with Crippen LogP contribution in [0.5, 0.6) is 0 Å². The minimum Gasteiger partial charge on any atom is -0.388 e. The zero-order valence-corrected chi connectivity index (χ0v) is 12.0. The number of rotatable bonds is 5. The van der Waals surface area contributed by atoms with Crippen molar-refractivity contribution in [1.29, 1.82) is 0 Å². The van der Waals surface area contributed by atoms with Gasteiger partial charge in [-0.2, -0.15) is 0 Å². The molecule has 0 radical (unpaired) electrons. The van der Waals surface area contributed by atoms with Gasteiger partial charge in [-0.1, -0.05) is 36.4 Å². The molecule has 0 bridgehead atoms. The van der Waals surface area contributed by atoms with Crippen molar-refractivity contribution in [3.63, 3.8) is 0 Å². The molecule has 2 aromatic carbocycles. The van der Waals surface area contributed by atoms with Gasteiger partial charge < -0.3 is 10.4 Å². The molecule has 1 amide bonds. The molecule has 1 unspecified atom stereocenters. The van der Waals surface area contributed by atoms with Crippen molar-refractivity contribution in [2.45, 2.75) is 19.4 Å². The molecule has 0 aliphatic rings. The maximum atomic E-state index is 11.1. The van der Waals surface area contributed by atoms with E-state index < -0.39 is 11.0 Å². The summed E-state index contributed by atoms with van der Waals surface area (Å²) in [6, 6.07) is 13.6. The van der Waals surface area contributed by atoms with Crippen molar-refractivity contribution in [1.82, 2.24) is 0 Å². The summed E-state index contributed by atoms with van der Waals surface area (Å²) in [5, 5.41) is 23.7. The quantitative estimate of drug-likeness (QED) is 0.656. The third-order valence-electron chi connectivity index (χ3n) is 3.18. The predicted molar refractivity (Wildman–Crippen MR) is 82.5 cm³/mol. The van der Waals surface area contributed by atoms with E-state index in [0.29, 0.717) is 5.56 Å². The molecule has 2 N–H and O–H groups in total. The number of aliphatic hydroxyl groups excluding tert-OH is 1. The van der Waals surface area contributed by atoms with Gasteiger partial charge in [0, 0.05) is 19.4 Å². The smallest absolute Gasteiger partial charge is 0.293 e. The van der Waals surface area contributed by atoms with Gasteiger partial charge in [0.1, 0.15) is 5.69 Å². The number of amides is 1. The zero-order chi connectivity index (χ0) is 16.1. The van der Waals surface area contributed by atoms with E-state index in [1.807, 2.05) is 18.2 Å². The average Bonchev–Trinajstić information content (AvgIpc) is 2.49. The van der Waals surface area contributed by atoms with Crippen LogP contribution in [0.4, 0.5) is 11.4 Å². The van der Waals surface area contributed by atoms with Crippen LogP contribution in [0.3, 0.4) is 0 Å². The molecule has 1 atom stereocenters. The first kappa shape index (κ1) is 15.7. The van der Waals surface area contributed by atoms with Crippen LogP contribution in [-0.4, -0.2) is 15.9 Å². The van der Waals surface area contributed by atoms with E-state index in [-0.39, 0.29) is 23.7 Å². The van der Waals surface area contributed by atoms with Crippen LogP contribution in [0.2, 0.25) is 0 Å². The Labute approximate surface area is 127 Å². The van der Waals surface area contributed by atoms with Gasteiger partial charge in [-0.25, -0.2) is 0 Å². The molecule has 0 aliphatic heterocycles. The number of nitrogens with zero attached hydrogens (tertiary/aromatic N) is 1. The Kier molecular flexibility index (Phi) is 4.85. The standard InChI is InChI=1S/C16H16N2O4/c1-11(19)17-14-8-7-12(9-15(14)18(21)22)10-16(20)13-5-3-2-4-6-13/h2-9,16,20H,10H2,1H3,(H,17,19). The zero-order valence-electron chi connectivity index (χ0n) is 12.0. The molecule has 2 rings (SSSR count). The number of aliphatic hydroxyl groups is 1. The number of nitro groups is 1. The first-order chi connectivity index (χ1) is 10.5. The Morgan fingerprint density at radius 3 is 2.55 bits per heavy atom. The highest BCUT2D eigenvalue weighted by Gasteiger charge is 2.17. The largest absolute Gasteiger partial charge is 0.388 e. The van der Waals surface area contributed by atoms with Gasteiger partial charge in [0.05, 0.1) is 11.0 Å². The van der Waals surface area contributed by atoms with Gasteiger partial charge in [0.25, 0.3) is 5.69 Å². The number of anilines is 1. The van der Waals surface area contributed by atoms with Crippen LogP contribution >= 0.6 is 0 Å². The molecule has 6 heteroatoms. The van der Waals surface area contributed by atoms with E-state index >= 15 is 0 Å². The summed E-state index contributed by atoms with van der Waals surface area (Å²) in [6.45, 7) is 1.29. The lowest BCUT2D eigenvalue weighted by atomic mass is 10.0. The Bertz CT molecular complexity index is 686. The second-order valence-electron chi connectivity index (χ2n) is 4.92. The van der Waals surface area contributed by atoms with Crippen LogP contribution < -0.4 is 5.32 Å². The monoisotopic (exact) mass is 300 g/mol. The Hall–Kier alpha value is -2.73. The van der Waals surface area contributed by atoms with Crippen molar-refractivity contribution in [2.24, 2.45) is 0 Å². The molecule has 0 aliphatic carbocycles. The third kappa shape index (κ3) is 3.89. The fourth-order valence-electron chi connectivity index (χ4n) is 2.17. The van der Waals surface area contributed by atoms with Gasteiger partial charge in [0.2, 0.25) is 5.91 Å². The lowest BCUT2D eigenvalue weighted by Gasteiger charge is -2.12. The van der Waals surface area contributed by atoms with Crippen molar-refractivity contribution in [3.8, 4) is 0 Å². The second kappa shape index (κ2) is 6.82. The summed E-state index contributed by atoms with van der Waals surface area (Å²) >= 11 is 0. The number of nitrogens with one attached hydrogen (secondary N) is 1. The average molecular weight is 300 g/mol. The number of benzene rings is 2. The van der Waals surface area contributed by atoms with Crippen molar-refractivity contribution >= 4 is 17.3 Å². The first-order valence-corrected chi connectivity index (χ1v) is 6.75. The van der Waals surface area contributed by atoms with Crippen LogP contribution in [0.15, 0.2) is 48.5 Å². The highest BCUT2D eigenvalue weighted by Crippen LogP contribution is 2.28. The summed E-state index contributed by atoms with van der Waals surface area (Å²) in [5.74, 6) is -0.375. The molecular weight excluding hydrogens is 284 g/mol. The molecule has 0 heterocycles. The van der Waals surface area contributed by atoms with Gasteiger partial charge in [-0.05, 0) is 17.2 Å². The summed E-state index contributed by atoms with van der Waals surface area (Å²) < 4.78 is 0. The van der Waals surface area contributed by atoms with E-state index in [4.69, 9.17) is 0 Å². The minimum atomic E-state index is -0.743. The first-order valence-electron chi connectivity index (χ1n) is 6.75. The number of carbonyl (C=O) groups excluding carboxylic acids is 1. The molecule has 0 saturated carbocycles. The number of carbonyl (C=O) groups is 1. The Morgan fingerprint density at radius 2 is 1.95 bits per heavy atom. The van der Waals surface area contributed by atoms with Crippen LogP contribution in [0.25, 0.3) is 0 Å². The Balaban J connectivity index is 2.23. The summed E-state index contributed by atoms with van der Waals surface area (Å²) in [5.41, 5.74) is 1.33. The second-order valence-corrected chi connectivity index (χ2v) is 4.92.